The van der Waals surface area contributed by atoms with Gasteiger partial charge in [-0.15, -0.1) is 0 Å². The molecule has 0 unspecified atom stereocenters. The van der Waals surface area contributed by atoms with E-state index in [-0.39, 0.29) is 5.69 Å². The number of alkyl halides is 3. The maximum atomic E-state index is 13.3. The van der Waals surface area contributed by atoms with E-state index < -0.39 is 28.8 Å². The highest BCUT2D eigenvalue weighted by atomic mass is 19.4. The van der Waals surface area contributed by atoms with Crippen LogP contribution in [0.4, 0.5) is 24.5 Å². The Balaban J connectivity index is 1.73. The number of rotatable bonds is 4. The number of para-hydroxylation sites is 1. The normalized spacial score (nSPS) is 14.2. The number of hydrogen-bond donors (Lipinski definition) is 1. The summed E-state index contributed by atoms with van der Waals surface area (Å²) in [5, 5.41) is 6.67. The van der Waals surface area contributed by atoms with E-state index in [1.807, 2.05) is 11.0 Å². The number of halogens is 3. The predicted octanol–water partition coefficient (Wildman–Crippen LogP) is 3.65. The van der Waals surface area contributed by atoms with E-state index in [1.165, 1.54) is 16.8 Å². The van der Waals surface area contributed by atoms with Crippen LogP contribution >= 0.6 is 0 Å². The van der Waals surface area contributed by atoms with E-state index in [9.17, 15) is 22.8 Å². The fraction of sp³-hybridized carbons (Fsp3) is 0.261. The molecule has 2 aromatic carbocycles. The third kappa shape index (κ3) is 4.90. The van der Waals surface area contributed by atoms with Crippen molar-refractivity contribution in [2.45, 2.75) is 13.1 Å². The number of nitrogens with zero attached hydrogens (tertiary/aromatic N) is 3. The van der Waals surface area contributed by atoms with Crippen molar-refractivity contribution in [1.29, 1.82) is 0 Å². The Morgan fingerprint density at radius 3 is 2.42 bits per heavy atom. The van der Waals surface area contributed by atoms with Crippen molar-refractivity contribution in [2.24, 2.45) is 0 Å². The molecule has 1 aromatic heterocycles. The Labute approximate surface area is 187 Å². The number of amides is 1. The van der Waals surface area contributed by atoms with Gasteiger partial charge in [0.05, 0.1) is 35.8 Å². The molecule has 0 spiro atoms. The maximum absolute atomic E-state index is 13.3. The molecule has 2 heterocycles. The first-order chi connectivity index (χ1) is 15.7. The molecule has 0 saturated carbocycles. The predicted molar refractivity (Wildman–Crippen MR) is 117 cm³/mol. The SMILES string of the molecule is Cc1cc(=O)c(C(=O)Nc2cc(C(F)(F)F)ccc2N2CCOCC2)nn1-c1ccccc1. The molecule has 0 bridgehead atoms. The third-order valence-corrected chi connectivity index (χ3v) is 5.25. The lowest BCUT2D eigenvalue weighted by Gasteiger charge is -2.31. The third-order valence-electron chi connectivity index (χ3n) is 5.25. The molecule has 0 radical (unpaired) electrons. The topological polar surface area (TPSA) is 76.5 Å². The summed E-state index contributed by atoms with van der Waals surface area (Å²) >= 11 is 0. The van der Waals surface area contributed by atoms with Crippen LogP contribution in [0.1, 0.15) is 21.7 Å². The van der Waals surface area contributed by atoms with Crippen molar-refractivity contribution >= 4 is 17.3 Å². The van der Waals surface area contributed by atoms with E-state index >= 15 is 0 Å². The van der Waals surface area contributed by atoms with Gasteiger partial charge in [-0.3, -0.25) is 9.59 Å². The molecule has 7 nitrogen and oxygen atoms in total. The zero-order chi connectivity index (χ0) is 23.6. The van der Waals surface area contributed by atoms with Gasteiger partial charge in [0.15, 0.2) is 5.69 Å². The van der Waals surface area contributed by atoms with Crippen molar-refractivity contribution in [3.63, 3.8) is 0 Å². The summed E-state index contributed by atoms with van der Waals surface area (Å²) in [6.07, 6.45) is -4.59. The van der Waals surface area contributed by atoms with Crippen LogP contribution in [0, 0.1) is 6.92 Å². The molecule has 0 atom stereocenters. The molecule has 33 heavy (non-hydrogen) atoms. The van der Waals surface area contributed by atoms with Gasteiger partial charge in [-0.25, -0.2) is 4.68 Å². The van der Waals surface area contributed by atoms with Crippen LogP contribution in [0.2, 0.25) is 0 Å². The molecule has 10 heteroatoms. The van der Waals surface area contributed by atoms with E-state index in [1.54, 1.807) is 31.2 Å². The molecule has 1 amide bonds. The van der Waals surface area contributed by atoms with Crippen LogP contribution < -0.4 is 15.6 Å². The molecular weight excluding hydrogens is 437 g/mol. The quantitative estimate of drug-likeness (QED) is 0.646. The maximum Gasteiger partial charge on any atom is 0.416 e. The minimum Gasteiger partial charge on any atom is -0.378 e. The second-order valence-electron chi connectivity index (χ2n) is 7.53. The van der Waals surface area contributed by atoms with Crippen LogP contribution in [0.5, 0.6) is 0 Å². The van der Waals surface area contributed by atoms with E-state index in [4.69, 9.17) is 4.74 Å². The number of nitrogens with one attached hydrogen (secondary N) is 1. The monoisotopic (exact) mass is 458 g/mol. The van der Waals surface area contributed by atoms with Crippen molar-refractivity contribution < 1.29 is 22.7 Å². The summed E-state index contributed by atoms with van der Waals surface area (Å²) in [5.41, 5.74) is -0.451. The molecule has 3 aromatic rings. The summed E-state index contributed by atoms with van der Waals surface area (Å²) in [5.74, 6) is -0.890. The molecule has 1 N–H and O–H groups in total. The largest absolute Gasteiger partial charge is 0.416 e. The molecule has 172 valence electrons. The van der Waals surface area contributed by atoms with Crippen molar-refractivity contribution in [2.75, 3.05) is 36.5 Å². The van der Waals surface area contributed by atoms with Gasteiger partial charge in [0.2, 0.25) is 5.43 Å². The molecule has 0 aliphatic carbocycles. The fourth-order valence-electron chi connectivity index (χ4n) is 3.61. The lowest BCUT2D eigenvalue weighted by Crippen LogP contribution is -2.37. The first-order valence-corrected chi connectivity index (χ1v) is 10.3. The van der Waals surface area contributed by atoms with Crippen LogP contribution in [0.15, 0.2) is 59.4 Å². The molecule has 1 aliphatic heterocycles. The number of morpholine rings is 1. The number of aryl methyl sites for hydroxylation is 1. The highest BCUT2D eigenvalue weighted by Gasteiger charge is 2.32. The zero-order valence-corrected chi connectivity index (χ0v) is 17.7. The number of carbonyl (C=O) groups is 1. The Morgan fingerprint density at radius 2 is 1.76 bits per heavy atom. The molecule has 1 saturated heterocycles. The van der Waals surface area contributed by atoms with Gasteiger partial charge in [-0.2, -0.15) is 18.3 Å². The Morgan fingerprint density at radius 1 is 1.06 bits per heavy atom. The van der Waals surface area contributed by atoms with Crippen LogP contribution in [-0.4, -0.2) is 42.0 Å². The van der Waals surface area contributed by atoms with Crippen molar-refractivity contribution in [3.8, 4) is 5.69 Å². The number of aromatic nitrogens is 2. The van der Waals surface area contributed by atoms with Crippen LogP contribution in [0.25, 0.3) is 5.69 Å². The minimum atomic E-state index is -4.59. The second kappa shape index (κ2) is 9.07. The highest BCUT2D eigenvalue weighted by Crippen LogP contribution is 2.36. The number of carbonyl (C=O) groups excluding carboxylic acids is 1. The average Bonchev–Trinajstić information content (AvgIpc) is 2.79. The molecular formula is C23H21F3N4O3. The summed E-state index contributed by atoms with van der Waals surface area (Å²) in [4.78, 5) is 27.4. The van der Waals surface area contributed by atoms with Gasteiger partial charge < -0.3 is 15.0 Å². The summed E-state index contributed by atoms with van der Waals surface area (Å²) in [7, 11) is 0. The minimum absolute atomic E-state index is 0.0511. The van der Waals surface area contributed by atoms with Crippen LogP contribution in [0.3, 0.4) is 0 Å². The Hall–Kier alpha value is -3.66. The van der Waals surface area contributed by atoms with Crippen molar-refractivity contribution in [1.82, 2.24) is 9.78 Å². The Kier molecular flexibility index (Phi) is 6.19. The number of benzene rings is 2. The zero-order valence-electron chi connectivity index (χ0n) is 17.7. The lowest BCUT2D eigenvalue weighted by atomic mass is 10.1. The van der Waals surface area contributed by atoms with E-state index in [0.29, 0.717) is 43.4 Å². The van der Waals surface area contributed by atoms with E-state index in [2.05, 4.69) is 10.4 Å². The smallest absolute Gasteiger partial charge is 0.378 e. The van der Waals surface area contributed by atoms with Gasteiger partial charge in [0.1, 0.15) is 0 Å². The second-order valence-corrected chi connectivity index (χ2v) is 7.53. The van der Waals surface area contributed by atoms with Gasteiger partial charge in [0.25, 0.3) is 5.91 Å². The number of hydrogen-bond acceptors (Lipinski definition) is 5. The first kappa shape index (κ1) is 22.5. The summed E-state index contributed by atoms with van der Waals surface area (Å²) in [6, 6.07) is 13.3. The van der Waals surface area contributed by atoms with E-state index in [0.717, 1.165) is 12.1 Å². The standard InChI is InChI=1S/C23H21F3N4O3/c1-15-13-20(31)21(28-30(15)17-5-3-2-4-6-17)22(32)27-18-14-16(23(24,25)26)7-8-19(18)29-9-11-33-12-10-29/h2-8,13-14H,9-12H2,1H3,(H,27,32). The van der Waals surface area contributed by atoms with Gasteiger partial charge in [0, 0.05) is 24.8 Å². The van der Waals surface area contributed by atoms with Gasteiger partial charge in [-0.05, 0) is 37.3 Å². The molecule has 1 fully saturated rings. The Bertz CT molecular complexity index is 1220. The van der Waals surface area contributed by atoms with Gasteiger partial charge >= 0.3 is 6.18 Å². The van der Waals surface area contributed by atoms with Gasteiger partial charge in [-0.1, -0.05) is 18.2 Å². The highest BCUT2D eigenvalue weighted by molar-refractivity contribution is 6.04. The molecule has 4 rings (SSSR count). The lowest BCUT2D eigenvalue weighted by molar-refractivity contribution is -0.137. The number of ether oxygens (including phenoxy) is 1. The van der Waals surface area contributed by atoms with Crippen molar-refractivity contribution in [3.05, 3.63) is 81.8 Å². The summed E-state index contributed by atoms with van der Waals surface area (Å²) in [6.45, 7) is 3.41. The molecule has 1 aliphatic rings. The fourth-order valence-corrected chi connectivity index (χ4v) is 3.61. The first-order valence-electron chi connectivity index (χ1n) is 10.3. The number of anilines is 2. The average molecular weight is 458 g/mol. The van der Waals surface area contributed by atoms with Crippen LogP contribution in [-0.2, 0) is 10.9 Å². The summed E-state index contributed by atoms with van der Waals surface area (Å²) < 4.78 is 46.8.